The van der Waals surface area contributed by atoms with Gasteiger partial charge in [-0.25, -0.2) is 9.59 Å². The van der Waals surface area contributed by atoms with Crippen molar-refractivity contribution < 1.29 is 70.5 Å². The zero-order valence-electron chi connectivity index (χ0n) is 48.9. The smallest absolute Gasteiger partial charge is 0.338 e. The maximum Gasteiger partial charge on any atom is 0.338 e. The number of ketones is 1. The van der Waals surface area contributed by atoms with Crippen LogP contribution in [0.25, 0.3) is 0 Å². The first kappa shape index (κ1) is 54.1. The molecule has 3 fully saturated rings. The quantitative estimate of drug-likeness (QED) is 0.0469. The van der Waals surface area contributed by atoms with E-state index in [4.69, 9.17) is 36.6 Å². The second kappa shape index (κ2) is 23.0. The molecule has 15 nitrogen and oxygen atoms in total. The standard InChI is InChI=1S/C59H79NO14Si2/c1-13-75(14-2,15-3)73-44-34-45-58(36-68-45,72-39(9)62)50-52(71-54(65)42-32-26-21-27-33-42)59(67)35-43(37(7)46(56(59,10)11)48(69-38(8)61)51(63)57(44,50)12)70-55(66)49(74-76(16-4,17-5)18-6)47(40-28-22-19-23-29-40)60-53(64)41-30-24-20-25-31-41/h19-33,43-45,47-50,52,67H,13-18,34-36H2,1-12H3,(H,60,64)/t43-,44-,45+,47-,48+,49+,50-,52-,57+,58-,59+/m0/s1/i8D3. The third-order valence-corrected chi connectivity index (χ3v) is 27.3. The van der Waals surface area contributed by atoms with Gasteiger partial charge < -0.3 is 43.0 Å². The molecule has 0 aromatic heterocycles. The van der Waals surface area contributed by atoms with Crippen molar-refractivity contribution in [3.05, 3.63) is 119 Å². The number of amides is 1. The molecule has 0 radical (unpaired) electrons. The fraction of sp³-hybridized carbons (Fsp3) is 0.559. The molecule has 17 heteroatoms. The van der Waals surface area contributed by atoms with E-state index in [1.54, 1.807) is 107 Å². The summed E-state index contributed by atoms with van der Waals surface area (Å²) >= 11 is 0. The third kappa shape index (κ3) is 10.4. The Balaban J connectivity index is 1.52. The summed E-state index contributed by atoms with van der Waals surface area (Å²) in [5.41, 5.74) is -7.22. The molecule has 3 aromatic carbocycles. The number of hydrogen-bond donors (Lipinski definition) is 2. The summed E-state index contributed by atoms with van der Waals surface area (Å²) in [6.45, 7) is 15.7. The molecule has 3 aliphatic carbocycles. The minimum absolute atomic E-state index is 0.0248. The first-order valence-corrected chi connectivity index (χ1v) is 32.0. The van der Waals surface area contributed by atoms with Crippen molar-refractivity contribution in [3.63, 3.8) is 0 Å². The summed E-state index contributed by atoms with van der Waals surface area (Å²) in [7, 11) is -5.59. The van der Waals surface area contributed by atoms with Gasteiger partial charge in [-0.05, 0) is 91.1 Å². The van der Waals surface area contributed by atoms with Crippen molar-refractivity contribution in [1.29, 1.82) is 0 Å². The SMILES string of the molecule is [2H]C([2H])([2H])C(=O)O[C@H]1C(=O)[C@]2(C)[C@@H](O[Si](CC)(CC)CC)C[C@H]3OC[C@@]3(OC(C)=O)[C@H]2[C@H](OC(=O)c2ccccc2)[C@]2(O)C[C@H](OC(=O)[C@H](O[Si](CC)(CC)CC)[C@@H](NC(=O)c3ccccc3)c3ccccc3)C(C)=C1C2(C)C. The molecule has 1 saturated heterocycles. The number of fused-ring (bicyclic) bond motifs is 5. The average molecular weight is 1090 g/mol. The van der Waals surface area contributed by atoms with E-state index in [2.05, 4.69) is 5.32 Å². The lowest BCUT2D eigenvalue weighted by atomic mass is 9.44. The predicted molar refractivity (Wildman–Crippen MR) is 290 cm³/mol. The third-order valence-electron chi connectivity index (χ3n) is 18.0. The van der Waals surface area contributed by atoms with Crippen LogP contribution >= 0.6 is 0 Å². The van der Waals surface area contributed by atoms with Crippen LogP contribution in [0.3, 0.4) is 0 Å². The summed E-state index contributed by atoms with van der Waals surface area (Å²) < 4.78 is 71.5. The second-order valence-electron chi connectivity index (χ2n) is 21.8. The number of esters is 4. The van der Waals surface area contributed by atoms with E-state index >= 15 is 9.59 Å². The van der Waals surface area contributed by atoms with Crippen LogP contribution in [0.4, 0.5) is 0 Å². The molecule has 11 atom stereocenters. The summed E-state index contributed by atoms with van der Waals surface area (Å²) in [6, 6.07) is 27.8. The molecule has 2 N–H and O–H groups in total. The summed E-state index contributed by atoms with van der Waals surface area (Å²) in [4.78, 5) is 89.4. The summed E-state index contributed by atoms with van der Waals surface area (Å²) in [6.07, 6.45) is -9.71. The van der Waals surface area contributed by atoms with Gasteiger partial charge in [-0.1, -0.05) is 122 Å². The van der Waals surface area contributed by atoms with Gasteiger partial charge in [0.05, 0.1) is 35.6 Å². The maximum absolute atomic E-state index is 16.8. The van der Waals surface area contributed by atoms with E-state index in [1.807, 2.05) is 41.5 Å². The lowest BCUT2D eigenvalue weighted by Crippen LogP contribution is -2.82. The molecule has 0 spiro atoms. The summed E-state index contributed by atoms with van der Waals surface area (Å²) in [5, 5.41) is 17.6. The van der Waals surface area contributed by atoms with Crippen LogP contribution in [-0.2, 0) is 51.7 Å². The molecule has 1 amide bonds. The molecule has 7 rings (SSSR count). The molecule has 76 heavy (non-hydrogen) atoms. The van der Waals surface area contributed by atoms with Crippen LogP contribution in [0.15, 0.2) is 102 Å². The molecule has 412 valence electrons. The highest BCUT2D eigenvalue weighted by Crippen LogP contribution is 2.65. The Bertz CT molecular complexity index is 2740. The molecule has 3 aromatic rings. The van der Waals surface area contributed by atoms with Gasteiger partial charge in [0.1, 0.15) is 23.9 Å². The summed E-state index contributed by atoms with van der Waals surface area (Å²) in [5.74, 6) is -7.32. The van der Waals surface area contributed by atoms with Gasteiger partial charge in [0.15, 0.2) is 40.2 Å². The van der Waals surface area contributed by atoms with Crippen LogP contribution in [-0.4, -0.2) is 112 Å². The Morgan fingerprint density at radius 1 is 0.776 bits per heavy atom. The Morgan fingerprint density at radius 3 is 1.84 bits per heavy atom. The normalized spacial score (nSPS) is 29.4. The first-order chi connectivity index (χ1) is 37.2. The molecule has 0 unspecified atom stereocenters. The molecule has 2 bridgehead atoms. The minimum atomic E-state index is -3.40. The number of aliphatic hydroxyl groups is 1. The Labute approximate surface area is 454 Å². The topological polar surface area (TPSA) is 199 Å². The number of ether oxygens (including phenoxy) is 5. The van der Waals surface area contributed by atoms with Crippen LogP contribution in [0.5, 0.6) is 0 Å². The lowest BCUT2D eigenvalue weighted by molar-refractivity contribution is -0.344. The lowest BCUT2D eigenvalue weighted by Gasteiger charge is -2.68. The van der Waals surface area contributed by atoms with Crippen LogP contribution in [0, 0.1) is 16.7 Å². The van der Waals surface area contributed by atoms with E-state index in [9.17, 15) is 24.3 Å². The largest absolute Gasteiger partial charge is 0.456 e. The Morgan fingerprint density at radius 2 is 1.33 bits per heavy atom. The van der Waals surface area contributed by atoms with E-state index < -0.39 is 136 Å². The van der Waals surface area contributed by atoms with Crippen LogP contribution in [0.1, 0.15) is 132 Å². The average Bonchev–Trinajstić information content (AvgIpc) is 2.65. The van der Waals surface area contributed by atoms with Gasteiger partial charge in [-0.2, -0.15) is 0 Å². The van der Waals surface area contributed by atoms with Crippen molar-refractivity contribution in [2.24, 2.45) is 16.7 Å². The predicted octanol–water partition coefficient (Wildman–Crippen LogP) is 9.79. The number of rotatable bonds is 20. The maximum atomic E-state index is 16.8. The van der Waals surface area contributed by atoms with E-state index in [1.165, 1.54) is 19.1 Å². The number of nitrogens with one attached hydrogen (secondary N) is 1. The minimum Gasteiger partial charge on any atom is -0.456 e. The monoisotopic (exact) mass is 1080 g/mol. The van der Waals surface area contributed by atoms with Gasteiger partial charge in [0.2, 0.25) is 0 Å². The zero-order chi connectivity index (χ0) is 58.1. The fourth-order valence-corrected chi connectivity index (χ4v) is 18.7. The first-order valence-electron chi connectivity index (χ1n) is 28.5. The molecule has 4 aliphatic rings. The molecule has 1 aliphatic heterocycles. The van der Waals surface area contributed by atoms with Gasteiger partial charge >= 0.3 is 23.9 Å². The highest BCUT2D eigenvalue weighted by molar-refractivity contribution is 6.74. The molecular weight excluding hydrogens is 1000 g/mol. The molecule has 2 saturated carbocycles. The van der Waals surface area contributed by atoms with Crippen molar-refractivity contribution >= 4 is 52.2 Å². The van der Waals surface area contributed by atoms with Gasteiger partial charge in [-0.15, -0.1) is 0 Å². The molecule has 1 heterocycles. The zero-order valence-corrected chi connectivity index (χ0v) is 47.9. The Kier molecular flexibility index (Phi) is 16.3. The fourth-order valence-electron chi connectivity index (χ4n) is 12.9. The highest BCUT2D eigenvalue weighted by Gasteiger charge is 2.79. The van der Waals surface area contributed by atoms with Crippen molar-refractivity contribution in [3.8, 4) is 0 Å². The highest BCUT2D eigenvalue weighted by atomic mass is 28.4. The Hall–Kier alpha value is -5.31. The second-order valence-corrected chi connectivity index (χ2v) is 31.3. The van der Waals surface area contributed by atoms with Crippen molar-refractivity contribution in [1.82, 2.24) is 5.32 Å². The van der Waals surface area contributed by atoms with Crippen molar-refractivity contribution in [2.45, 2.75) is 186 Å². The number of benzene rings is 3. The van der Waals surface area contributed by atoms with E-state index in [0.29, 0.717) is 47.4 Å². The number of hydrogen-bond acceptors (Lipinski definition) is 14. The molecular formula is C59H79NO14Si2. The van der Waals surface area contributed by atoms with Crippen molar-refractivity contribution in [2.75, 3.05) is 6.61 Å². The number of carbonyl (C=O) groups excluding carboxylic acids is 6. The van der Waals surface area contributed by atoms with Crippen LogP contribution < -0.4 is 5.32 Å². The van der Waals surface area contributed by atoms with Gasteiger partial charge in [-0.3, -0.25) is 19.2 Å². The number of Topliss-reactive ketones (excluding diaryl/α,β-unsaturated/α-hetero) is 1. The van der Waals surface area contributed by atoms with E-state index in [0.717, 1.165) is 0 Å². The van der Waals surface area contributed by atoms with E-state index in [-0.39, 0.29) is 29.7 Å². The van der Waals surface area contributed by atoms with Gasteiger partial charge in [0, 0.05) is 41.7 Å². The number of carbonyl (C=O) groups is 6. The van der Waals surface area contributed by atoms with Crippen LogP contribution in [0.2, 0.25) is 36.3 Å². The van der Waals surface area contributed by atoms with Gasteiger partial charge in [0.25, 0.3) is 5.91 Å².